The number of pyridine rings is 1. The van der Waals surface area contributed by atoms with E-state index in [9.17, 15) is 9.59 Å². The number of nitrogens with zero attached hydrogens (tertiary/aromatic N) is 2. The van der Waals surface area contributed by atoms with Gasteiger partial charge in [0.2, 0.25) is 11.8 Å². The van der Waals surface area contributed by atoms with Crippen molar-refractivity contribution < 1.29 is 14.3 Å². The van der Waals surface area contributed by atoms with Crippen LogP contribution in [-0.4, -0.2) is 41.9 Å². The molecular weight excluding hydrogens is 342 g/mol. The van der Waals surface area contributed by atoms with Crippen LogP contribution in [0.1, 0.15) is 34.3 Å². The van der Waals surface area contributed by atoms with Crippen LogP contribution < -0.4 is 10.1 Å². The summed E-state index contributed by atoms with van der Waals surface area (Å²) in [6, 6.07) is 11.2. The number of carbonyl (C=O) groups is 2. The lowest BCUT2D eigenvalue weighted by atomic mass is 9.96. The quantitative estimate of drug-likeness (QED) is 0.882. The van der Waals surface area contributed by atoms with Gasteiger partial charge in [0, 0.05) is 37.5 Å². The van der Waals surface area contributed by atoms with E-state index in [2.05, 4.69) is 10.3 Å². The van der Waals surface area contributed by atoms with Gasteiger partial charge in [-0.05, 0) is 43.5 Å². The summed E-state index contributed by atoms with van der Waals surface area (Å²) in [5.41, 5.74) is 2.72. The number of benzene rings is 1. The van der Waals surface area contributed by atoms with Crippen LogP contribution >= 0.6 is 0 Å². The number of methoxy groups -OCH3 is 1. The number of aromatic nitrogens is 1. The first-order chi connectivity index (χ1) is 13.1. The predicted octanol–water partition coefficient (Wildman–Crippen LogP) is 2.57. The number of likely N-dealkylation sites (tertiary alicyclic amines) is 1. The van der Waals surface area contributed by atoms with Crippen LogP contribution in [0.5, 0.6) is 5.88 Å². The minimum atomic E-state index is -0.183. The highest BCUT2D eigenvalue weighted by Gasteiger charge is 2.28. The molecule has 1 atom stereocenters. The minimum Gasteiger partial charge on any atom is -0.481 e. The standard InChI is InChI=1S/C21H25N3O3/c1-15-5-7-17(8-6-15)21(26)24-11-3-4-18(14-24)20(25)23-13-16-9-10-22-19(12-16)27-2/h5-10,12,18H,3-4,11,13-14H2,1-2H3,(H,23,25)/t18-/m0/s1. The topological polar surface area (TPSA) is 71.5 Å². The number of amides is 2. The average molecular weight is 367 g/mol. The van der Waals surface area contributed by atoms with Crippen molar-refractivity contribution in [3.63, 3.8) is 0 Å². The van der Waals surface area contributed by atoms with Crippen LogP contribution in [-0.2, 0) is 11.3 Å². The maximum atomic E-state index is 12.7. The molecule has 2 aromatic rings. The van der Waals surface area contributed by atoms with Gasteiger partial charge in [-0.1, -0.05) is 17.7 Å². The third-order valence-electron chi connectivity index (χ3n) is 4.85. The van der Waals surface area contributed by atoms with Gasteiger partial charge in [0.05, 0.1) is 13.0 Å². The van der Waals surface area contributed by atoms with Crippen molar-refractivity contribution in [2.75, 3.05) is 20.2 Å². The lowest BCUT2D eigenvalue weighted by molar-refractivity contribution is -0.126. The molecule has 1 aliphatic heterocycles. The van der Waals surface area contributed by atoms with E-state index in [1.165, 1.54) is 0 Å². The zero-order chi connectivity index (χ0) is 19.2. The molecule has 0 spiro atoms. The van der Waals surface area contributed by atoms with Crippen molar-refractivity contribution in [1.29, 1.82) is 0 Å². The number of rotatable bonds is 5. The van der Waals surface area contributed by atoms with Gasteiger partial charge in [-0.15, -0.1) is 0 Å². The van der Waals surface area contributed by atoms with E-state index >= 15 is 0 Å². The molecule has 1 saturated heterocycles. The molecule has 1 aromatic heterocycles. The second-order valence-electron chi connectivity index (χ2n) is 6.88. The Hall–Kier alpha value is -2.89. The van der Waals surface area contributed by atoms with Gasteiger partial charge in [-0.25, -0.2) is 4.98 Å². The van der Waals surface area contributed by atoms with E-state index in [-0.39, 0.29) is 17.7 Å². The van der Waals surface area contributed by atoms with Crippen molar-refractivity contribution >= 4 is 11.8 Å². The maximum Gasteiger partial charge on any atom is 0.253 e. The van der Waals surface area contributed by atoms with E-state index in [0.717, 1.165) is 24.0 Å². The summed E-state index contributed by atoms with van der Waals surface area (Å²) in [6.07, 6.45) is 3.28. The number of carbonyl (C=O) groups excluding carboxylic acids is 2. The lowest BCUT2D eigenvalue weighted by Gasteiger charge is -2.32. The summed E-state index contributed by atoms with van der Waals surface area (Å²) in [4.78, 5) is 31.1. The second-order valence-corrected chi connectivity index (χ2v) is 6.88. The Bertz CT molecular complexity index is 805. The van der Waals surface area contributed by atoms with E-state index < -0.39 is 0 Å². The van der Waals surface area contributed by atoms with E-state index in [1.54, 1.807) is 24.3 Å². The third kappa shape index (κ3) is 4.84. The summed E-state index contributed by atoms with van der Waals surface area (Å²) >= 11 is 0. The SMILES string of the molecule is COc1cc(CNC(=O)[C@H]2CCCN(C(=O)c3ccc(C)cc3)C2)ccn1. The van der Waals surface area contributed by atoms with Crippen LogP contribution in [0.3, 0.4) is 0 Å². The summed E-state index contributed by atoms with van der Waals surface area (Å²) in [7, 11) is 1.56. The van der Waals surface area contributed by atoms with Crippen molar-refractivity contribution in [3.05, 3.63) is 59.3 Å². The van der Waals surface area contributed by atoms with Gasteiger partial charge in [-0.3, -0.25) is 9.59 Å². The third-order valence-corrected chi connectivity index (χ3v) is 4.85. The number of hydrogen-bond acceptors (Lipinski definition) is 4. The smallest absolute Gasteiger partial charge is 0.253 e. The molecule has 3 rings (SSSR count). The first-order valence-corrected chi connectivity index (χ1v) is 9.19. The number of hydrogen-bond donors (Lipinski definition) is 1. The van der Waals surface area contributed by atoms with Gasteiger partial charge in [0.15, 0.2) is 0 Å². The molecule has 1 aliphatic rings. The van der Waals surface area contributed by atoms with Crippen LogP contribution in [0.25, 0.3) is 0 Å². The fraction of sp³-hybridized carbons (Fsp3) is 0.381. The molecule has 6 heteroatoms. The maximum absolute atomic E-state index is 12.7. The largest absolute Gasteiger partial charge is 0.481 e. The Morgan fingerprint density at radius 2 is 2.04 bits per heavy atom. The van der Waals surface area contributed by atoms with Crippen LogP contribution in [0.4, 0.5) is 0 Å². The molecule has 2 amide bonds. The zero-order valence-electron chi connectivity index (χ0n) is 15.8. The van der Waals surface area contributed by atoms with Crippen molar-refractivity contribution in [2.45, 2.75) is 26.3 Å². The molecular formula is C21H25N3O3. The molecule has 0 bridgehead atoms. The van der Waals surface area contributed by atoms with Crippen LogP contribution in [0, 0.1) is 12.8 Å². The van der Waals surface area contributed by atoms with Gasteiger partial charge >= 0.3 is 0 Å². The van der Waals surface area contributed by atoms with E-state index in [4.69, 9.17) is 4.74 Å². The Labute approximate surface area is 159 Å². The Balaban J connectivity index is 1.57. The number of nitrogens with one attached hydrogen (secondary N) is 1. The van der Waals surface area contributed by atoms with E-state index in [1.807, 2.05) is 37.3 Å². The van der Waals surface area contributed by atoms with Crippen molar-refractivity contribution in [1.82, 2.24) is 15.2 Å². The fourth-order valence-corrected chi connectivity index (χ4v) is 3.26. The molecule has 2 heterocycles. The second kappa shape index (κ2) is 8.66. The highest BCUT2D eigenvalue weighted by molar-refractivity contribution is 5.94. The molecule has 1 aromatic carbocycles. The fourth-order valence-electron chi connectivity index (χ4n) is 3.26. The summed E-state index contributed by atoms with van der Waals surface area (Å²) in [5, 5.41) is 2.97. The first kappa shape index (κ1) is 18.9. The molecule has 27 heavy (non-hydrogen) atoms. The molecule has 0 saturated carbocycles. The predicted molar refractivity (Wildman–Crippen MR) is 102 cm³/mol. The average Bonchev–Trinajstić information content (AvgIpc) is 2.72. The molecule has 1 N–H and O–H groups in total. The first-order valence-electron chi connectivity index (χ1n) is 9.19. The summed E-state index contributed by atoms with van der Waals surface area (Å²) < 4.78 is 5.10. The Morgan fingerprint density at radius 1 is 1.26 bits per heavy atom. The Morgan fingerprint density at radius 3 is 2.78 bits per heavy atom. The van der Waals surface area contributed by atoms with E-state index in [0.29, 0.717) is 31.1 Å². The Kier molecular flexibility index (Phi) is 6.06. The summed E-state index contributed by atoms with van der Waals surface area (Å²) in [5.74, 6) is 0.310. The number of ether oxygens (including phenoxy) is 1. The van der Waals surface area contributed by atoms with Crippen LogP contribution in [0.2, 0.25) is 0 Å². The summed E-state index contributed by atoms with van der Waals surface area (Å²) in [6.45, 7) is 3.56. The van der Waals surface area contributed by atoms with Gasteiger partial charge in [0.1, 0.15) is 0 Å². The molecule has 142 valence electrons. The number of aryl methyl sites for hydroxylation is 1. The molecule has 0 unspecified atom stereocenters. The monoisotopic (exact) mass is 367 g/mol. The van der Waals surface area contributed by atoms with Crippen LogP contribution in [0.15, 0.2) is 42.6 Å². The van der Waals surface area contributed by atoms with Crippen molar-refractivity contribution in [3.8, 4) is 5.88 Å². The normalized spacial score (nSPS) is 16.7. The highest BCUT2D eigenvalue weighted by Crippen LogP contribution is 2.19. The molecule has 0 aliphatic carbocycles. The number of piperidine rings is 1. The minimum absolute atomic E-state index is 0.00799. The van der Waals surface area contributed by atoms with Gasteiger partial charge in [0.25, 0.3) is 5.91 Å². The highest BCUT2D eigenvalue weighted by atomic mass is 16.5. The van der Waals surface area contributed by atoms with Crippen molar-refractivity contribution in [2.24, 2.45) is 5.92 Å². The van der Waals surface area contributed by atoms with Gasteiger partial charge < -0.3 is 15.0 Å². The molecule has 1 fully saturated rings. The zero-order valence-corrected chi connectivity index (χ0v) is 15.8. The lowest BCUT2D eigenvalue weighted by Crippen LogP contribution is -2.45. The molecule has 6 nitrogen and oxygen atoms in total. The molecule has 0 radical (unpaired) electrons. The van der Waals surface area contributed by atoms with Gasteiger partial charge in [-0.2, -0.15) is 0 Å².